The predicted octanol–water partition coefficient (Wildman–Crippen LogP) is 2.97. The van der Waals surface area contributed by atoms with E-state index in [-0.39, 0.29) is 11.8 Å². The van der Waals surface area contributed by atoms with Crippen LogP contribution < -0.4 is 15.4 Å². The lowest BCUT2D eigenvalue weighted by Crippen LogP contribution is -2.29. The van der Waals surface area contributed by atoms with Gasteiger partial charge in [0.15, 0.2) is 0 Å². The number of hydrogen-bond acceptors (Lipinski definition) is 6. The van der Waals surface area contributed by atoms with Crippen LogP contribution in [0.3, 0.4) is 0 Å². The molecule has 1 fully saturated rings. The summed E-state index contributed by atoms with van der Waals surface area (Å²) >= 11 is 0. The molecular weight excluding hydrogens is 378 g/mol. The zero-order valence-electron chi connectivity index (χ0n) is 17.9. The second-order valence-corrected chi connectivity index (χ2v) is 8.00. The number of benzene rings is 1. The Kier molecular flexibility index (Phi) is 6.47. The quantitative estimate of drug-likeness (QED) is 0.685. The molecule has 1 saturated heterocycles. The van der Waals surface area contributed by atoms with Crippen LogP contribution in [0.2, 0.25) is 0 Å². The Morgan fingerprint density at radius 3 is 2.90 bits per heavy atom. The van der Waals surface area contributed by atoms with Gasteiger partial charge < -0.3 is 20.3 Å². The van der Waals surface area contributed by atoms with E-state index in [1.807, 2.05) is 36.2 Å². The minimum Gasteiger partial charge on any atom is -0.494 e. The summed E-state index contributed by atoms with van der Waals surface area (Å²) in [5, 5.41) is 6.62. The van der Waals surface area contributed by atoms with E-state index >= 15 is 0 Å². The Balaban J connectivity index is 1.42. The van der Waals surface area contributed by atoms with Gasteiger partial charge in [0, 0.05) is 43.7 Å². The van der Waals surface area contributed by atoms with Gasteiger partial charge in [0.1, 0.15) is 17.4 Å². The molecule has 1 aromatic heterocycles. The van der Waals surface area contributed by atoms with Crippen LogP contribution in [0.4, 0.5) is 5.82 Å². The number of likely N-dealkylation sites (tertiary alicyclic amines) is 1. The van der Waals surface area contributed by atoms with E-state index in [0.29, 0.717) is 18.7 Å². The molecule has 2 aliphatic rings. The standard InChI is InChI=1S/C23H31N5O2/c1-3-4-13-30-18-7-5-16(6-8-18)23(29)28-12-10-17(15-28)21-26-20-14-25-11-9-19(20)22(24-2)27-21/h5-8,17,25H,3-4,9-15H2,1-2H3,(H,24,26,27). The monoisotopic (exact) mass is 409 g/mol. The maximum absolute atomic E-state index is 13.0. The van der Waals surface area contributed by atoms with Crippen molar-refractivity contribution in [3.8, 4) is 5.75 Å². The Bertz CT molecular complexity index is 867. The number of ether oxygens (including phenoxy) is 1. The van der Waals surface area contributed by atoms with E-state index in [9.17, 15) is 4.79 Å². The number of nitrogens with zero attached hydrogens (tertiary/aromatic N) is 3. The topological polar surface area (TPSA) is 79.4 Å². The average Bonchev–Trinajstić information content (AvgIpc) is 3.29. The molecule has 2 aromatic rings. The Morgan fingerprint density at radius 1 is 1.30 bits per heavy atom. The lowest BCUT2D eigenvalue weighted by Gasteiger charge is -2.21. The summed E-state index contributed by atoms with van der Waals surface area (Å²) in [5.74, 6) is 2.82. The molecule has 0 bridgehead atoms. The first-order valence-electron chi connectivity index (χ1n) is 11.0. The molecule has 7 nitrogen and oxygen atoms in total. The van der Waals surface area contributed by atoms with Crippen LogP contribution in [0.25, 0.3) is 0 Å². The van der Waals surface area contributed by atoms with E-state index in [2.05, 4.69) is 17.6 Å². The summed E-state index contributed by atoms with van der Waals surface area (Å²) in [6.07, 6.45) is 3.97. The number of carbonyl (C=O) groups excluding carboxylic acids is 1. The summed E-state index contributed by atoms with van der Waals surface area (Å²) in [4.78, 5) is 24.5. The minimum absolute atomic E-state index is 0.0612. The number of carbonyl (C=O) groups is 1. The molecule has 1 atom stereocenters. The largest absolute Gasteiger partial charge is 0.494 e. The van der Waals surface area contributed by atoms with Crippen molar-refractivity contribution in [2.45, 2.75) is 45.1 Å². The highest BCUT2D eigenvalue weighted by Crippen LogP contribution is 2.29. The number of rotatable bonds is 7. The first-order valence-corrected chi connectivity index (χ1v) is 11.0. The van der Waals surface area contributed by atoms with Gasteiger partial charge in [-0.2, -0.15) is 0 Å². The van der Waals surface area contributed by atoms with Gasteiger partial charge in [0.2, 0.25) is 0 Å². The first-order chi connectivity index (χ1) is 14.7. The van der Waals surface area contributed by atoms with Crippen molar-refractivity contribution in [1.82, 2.24) is 20.2 Å². The summed E-state index contributed by atoms with van der Waals surface area (Å²) in [6, 6.07) is 7.48. The number of amides is 1. The molecule has 1 aromatic carbocycles. The number of hydrogen-bond donors (Lipinski definition) is 2. The van der Waals surface area contributed by atoms with Crippen molar-refractivity contribution in [3.63, 3.8) is 0 Å². The fourth-order valence-corrected chi connectivity index (χ4v) is 4.13. The molecule has 0 spiro atoms. The van der Waals surface area contributed by atoms with Crippen molar-refractivity contribution < 1.29 is 9.53 Å². The van der Waals surface area contributed by atoms with E-state index in [4.69, 9.17) is 14.7 Å². The highest BCUT2D eigenvalue weighted by Gasteiger charge is 2.31. The number of aromatic nitrogens is 2. The third-order valence-corrected chi connectivity index (χ3v) is 5.90. The normalized spacial score (nSPS) is 18.2. The molecule has 0 saturated carbocycles. The molecule has 0 aliphatic carbocycles. The fraction of sp³-hybridized carbons (Fsp3) is 0.522. The van der Waals surface area contributed by atoms with Gasteiger partial charge in [-0.25, -0.2) is 9.97 Å². The first kappa shape index (κ1) is 20.6. The number of fused-ring (bicyclic) bond motifs is 1. The summed E-state index contributed by atoms with van der Waals surface area (Å²) < 4.78 is 5.70. The zero-order chi connectivity index (χ0) is 20.9. The molecule has 1 amide bonds. The molecule has 7 heteroatoms. The second kappa shape index (κ2) is 9.43. The fourth-order valence-electron chi connectivity index (χ4n) is 4.13. The maximum atomic E-state index is 13.0. The van der Waals surface area contributed by atoms with Gasteiger partial charge in [-0.1, -0.05) is 13.3 Å². The third-order valence-electron chi connectivity index (χ3n) is 5.90. The van der Waals surface area contributed by atoms with Crippen LogP contribution in [0.15, 0.2) is 24.3 Å². The van der Waals surface area contributed by atoms with Gasteiger partial charge in [-0.15, -0.1) is 0 Å². The van der Waals surface area contributed by atoms with Crippen molar-refractivity contribution in [3.05, 3.63) is 46.9 Å². The van der Waals surface area contributed by atoms with E-state index < -0.39 is 0 Å². The van der Waals surface area contributed by atoms with Crippen molar-refractivity contribution in [2.75, 3.05) is 38.6 Å². The lowest BCUT2D eigenvalue weighted by atomic mass is 10.0. The molecule has 3 heterocycles. The van der Waals surface area contributed by atoms with Gasteiger partial charge in [0.25, 0.3) is 5.91 Å². The highest BCUT2D eigenvalue weighted by atomic mass is 16.5. The zero-order valence-corrected chi connectivity index (χ0v) is 17.9. The number of nitrogens with one attached hydrogen (secondary N) is 2. The molecule has 4 rings (SSSR count). The molecular formula is C23H31N5O2. The highest BCUT2D eigenvalue weighted by molar-refractivity contribution is 5.94. The van der Waals surface area contributed by atoms with E-state index in [1.54, 1.807) is 0 Å². The van der Waals surface area contributed by atoms with E-state index in [1.165, 1.54) is 5.56 Å². The smallest absolute Gasteiger partial charge is 0.253 e. The van der Waals surface area contributed by atoms with Crippen LogP contribution in [0.1, 0.15) is 59.5 Å². The van der Waals surface area contributed by atoms with Crippen LogP contribution in [0.5, 0.6) is 5.75 Å². The molecule has 30 heavy (non-hydrogen) atoms. The summed E-state index contributed by atoms with van der Waals surface area (Å²) in [6.45, 7) is 5.97. The minimum atomic E-state index is 0.0612. The third kappa shape index (κ3) is 4.41. The van der Waals surface area contributed by atoms with Gasteiger partial charge >= 0.3 is 0 Å². The molecule has 0 radical (unpaired) electrons. The molecule has 1 unspecified atom stereocenters. The maximum Gasteiger partial charge on any atom is 0.253 e. The van der Waals surface area contributed by atoms with E-state index in [0.717, 1.165) is 68.4 Å². The predicted molar refractivity (Wildman–Crippen MR) is 117 cm³/mol. The van der Waals surface area contributed by atoms with Crippen LogP contribution in [-0.2, 0) is 13.0 Å². The number of anilines is 1. The van der Waals surface area contributed by atoms with Crippen molar-refractivity contribution in [2.24, 2.45) is 0 Å². The van der Waals surface area contributed by atoms with Gasteiger partial charge in [-0.05, 0) is 50.1 Å². The SMILES string of the molecule is CCCCOc1ccc(C(=O)N2CCC(c3nc4c(c(NC)n3)CCNC4)C2)cc1. The average molecular weight is 410 g/mol. The molecule has 2 N–H and O–H groups in total. The van der Waals surface area contributed by atoms with Gasteiger partial charge in [0.05, 0.1) is 12.3 Å². The van der Waals surface area contributed by atoms with Crippen molar-refractivity contribution >= 4 is 11.7 Å². The summed E-state index contributed by atoms with van der Waals surface area (Å²) in [5.41, 5.74) is 3.00. The Hall–Kier alpha value is -2.67. The van der Waals surface area contributed by atoms with Gasteiger partial charge in [-0.3, -0.25) is 4.79 Å². The molecule has 2 aliphatic heterocycles. The lowest BCUT2D eigenvalue weighted by molar-refractivity contribution is 0.0790. The molecule has 160 valence electrons. The van der Waals surface area contributed by atoms with Crippen molar-refractivity contribution in [1.29, 1.82) is 0 Å². The van der Waals surface area contributed by atoms with Crippen LogP contribution in [0, 0.1) is 0 Å². The van der Waals surface area contributed by atoms with Crippen LogP contribution >= 0.6 is 0 Å². The summed E-state index contributed by atoms with van der Waals surface area (Å²) in [7, 11) is 1.91. The second-order valence-electron chi connectivity index (χ2n) is 8.00. The Morgan fingerprint density at radius 2 is 2.13 bits per heavy atom. The number of unbranched alkanes of at least 4 members (excludes halogenated alkanes) is 1. The Labute approximate surface area is 178 Å². The van der Waals surface area contributed by atoms with Crippen LogP contribution in [-0.4, -0.2) is 54.1 Å².